The predicted octanol–water partition coefficient (Wildman–Crippen LogP) is 3.13. The fourth-order valence-corrected chi connectivity index (χ4v) is 3.70. The van der Waals surface area contributed by atoms with E-state index in [0.29, 0.717) is 18.9 Å². The molecule has 136 valence electrons. The van der Waals surface area contributed by atoms with E-state index in [4.69, 9.17) is 4.74 Å². The van der Waals surface area contributed by atoms with Crippen molar-refractivity contribution in [1.29, 1.82) is 0 Å². The molecule has 0 radical (unpaired) electrons. The van der Waals surface area contributed by atoms with Crippen LogP contribution in [0.3, 0.4) is 0 Å². The molecular weight excluding hydrogens is 316 g/mol. The van der Waals surface area contributed by atoms with Crippen molar-refractivity contribution in [2.75, 3.05) is 25.0 Å². The number of aryl methyl sites for hydroxylation is 1. The standard InChI is InChI=1S/C20H28N2O3/c1-15-4-2-5-17(14-15)21-19(23)8-7-16-9-11-22(12-10-16)20(24)18-6-3-13-25-18/h2,4-5,14,16,18H,3,6-13H2,1H3,(H,21,23)/t18-/m0/s1. The van der Waals surface area contributed by atoms with Gasteiger partial charge in [0.05, 0.1) is 0 Å². The lowest BCUT2D eigenvalue weighted by molar-refractivity contribution is -0.142. The Kier molecular flexibility index (Phi) is 6.08. The van der Waals surface area contributed by atoms with E-state index in [-0.39, 0.29) is 17.9 Å². The maximum Gasteiger partial charge on any atom is 0.251 e. The molecule has 0 aliphatic carbocycles. The van der Waals surface area contributed by atoms with Crippen LogP contribution in [0.25, 0.3) is 0 Å². The quantitative estimate of drug-likeness (QED) is 0.893. The molecule has 2 amide bonds. The van der Waals surface area contributed by atoms with Crippen molar-refractivity contribution in [3.05, 3.63) is 29.8 Å². The minimum absolute atomic E-state index is 0.0726. The van der Waals surface area contributed by atoms with Gasteiger partial charge in [-0.25, -0.2) is 0 Å². The molecule has 0 aromatic heterocycles. The molecule has 25 heavy (non-hydrogen) atoms. The predicted molar refractivity (Wildman–Crippen MR) is 97.3 cm³/mol. The normalized spacial score (nSPS) is 21.3. The number of anilines is 1. The van der Waals surface area contributed by atoms with E-state index < -0.39 is 0 Å². The molecule has 2 aliphatic rings. The van der Waals surface area contributed by atoms with Crippen molar-refractivity contribution >= 4 is 17.5 Å². The van der Waals surface area contributed by atoms with Gasteiger partial charge in [0.2, 0.25) is 5.91 Å². The number of benzene rings is 1. The summed E-state index contributed by atoms with van der Waals surface area (Å²) in [5.41, 5.74) is 2.00. The summed E-state index contributed by atoms with van der Waals surface area (Å²) < 4.78 is 5.49. The number of ether oxygens (including phenoxy) is 1. The summed E-state index contributed by atoms with van der Waals surface area (Å²) in [6, 6.07) is 7.86. The smallest absolute Gasteiger partial charge is 0.251 e. The molecule has 2 heterocycles. The molecular formula is C20H28N2O3. The summed E-state index contributed by atoms with van der Waals surface area (Å²) in [5.74, 6) is 0.758. The van der Waals surface area contributed by atoms with Crippen LogP contribution in [0.5, 0.6) is 0 Å². The van der Waals surface area contributed by atoms with Gasteiger partial charge >= 0.3 is 0 Å². The summed E-state index contributed by atoms with van der Waals surface area (Å²) in [7, 11) is 0. The molecule has 1 aromatic rings. The Morgan fingerprint density at radius 3 is 2.72 bits per heavy atom. The summed E-state index contributed by atoms with van der Waals surface area (Å²) in [5, 5.41) is 2.97. The zero-order valence-corrected chi connectivity index (χ0v) is 15.0. The molecule has 2 fully saturated rings. The molecule has 1 N–H and O–H groups in total. The minimum atomic E-state index is -0.211. The van der Waals surface area contributed by atoms with Crippen molar-refractivity contribution in [2.24, 2.45) is 5.92 Å². The highest BCUT2D eigenvalue weighted by molar-refractivity contribution is 5.90. The van der Waals surface area contributed by atoms with Gasteiger partial charge in [0, 0.05) is 31.8 Å². The Bertz CT molecular complexity index is 603. The SMILES string of the molecule is Cc1cccc(NC(=O)CCC2CCN(C(=O)[C@@H]3CCCO3)CC2)c1. The monoisotopic (exact) mass is 344 g/mol. The maximum absolute atomic E-state index is 12.3. The van der Waals surface area contributed by atoms with Gasteiger partial charge in [0.1, 0.15) is 6.10 Å². The summed E-state index contributed by atoms with van der Waals surface area (Å²) >= 11 is 0. The molecule has 0 bridgehead atoms. The van der Waals surface area contributed by atoms with Gasteiger partial charge in [-0.05, 0) is 62.6 Å². The number of piperidine rings is 1. The molecule has 2 aliphatic heterocycles. The first-order valence-electron chi connectivity index (χ1n) is 9.39. The Balaban J connectivity index is 1.37. The van der Waals surface area contributed by atoms with Gasteiger partial charge in [-0.3, -0.25) is 9.59 Å². The minimum Gasteiger partial charge on any atom is -0.368 e. The first-order valence-corrected chi connectivity index (χ1v) is 9.39. The Labute approximate surface area is 149 Å². The highest BCUT2D eigenvalue weighted by atomic mass is 16.5. The Hall–Kier alpha value is -1.88. The third-order valence-electron chi connectivity index (χ3n) is 5.21. The van der Waals surface area contributed by atoms with Crippen LogP contribution in [-0.4, -0.2) is 42.5 Å². The third-order valence-corrected chi connectivity index (χ3v) is 5.21. The number of nitrogens with one attached hydrogen (secondary N) is 1. The first-order chi connectivity index (χ1) is 12.1. The lowest BCUT2D eigenvalue weighted by Gasteiger charge is -2.33. The van der Waals surface area contributed by atoms with E-state index in [1.165, 1.54) is 0 Å². The number of nitrogens with zero attached hydrogens (tertiary/aromatic N) is 1. The summed E-state index contributed by atoms with van der Waals surface area (Å²) in [6.45, 7) is 4.32. The maximum atomic E-state index is 12.3. The van der Waals surface area contributed by atoms with Crippen molar-refractivity contribution in [3.8, 4) is 0 Å². The van der Waals surface area contributed by atoms with Crippen LogP contribution in [0.4, 0.5) is 5.69 Å². The van der Waals surface area contributed by atoms with Gasteiger partial charge in [-0.2, -0.15) is 0 Å². The lowest BCUT2D eigenvalue weighted by Crippen LogP contribution is -2.43. The van der Waals surface area contributed by atoms with Crippen LogP contribution in [0.15, 0.2) is 24.3 Å². The topological polar surface area (TPSA) is 58.6 Å². The van der Waals surface area contributed by atoms with Crippen LogP contribution in [0.1, 0.15) is 44.1 Å². The second-order valence-corrected chi connectivity index (χ2v) is 7.23. The molecule has 2 saturated heterocycles. The lowest BCUT2D eigenvalue weighted by atomic mass is 9.91. The number of hydrogen-bond donors (Lipinski definition) is 1. The van der Waals surface area contributed by atoms with Gasteiger partial charge in [0.25, 0.3) is 5.91 Å². The van der Waals surface area contributed by atoms with Crippen LogP contribution >= 0.6 is 0 Å². The van der Waals surface area contributed by atoms with E-state index in [1.54, 1.807) is 0 Å². The van der Waals surface area contributed by atoms with E-state index in [2.05, 4.69) is 5.32 Å². The molecule has 0 saturated carbocycles. The number of likely N-dealkylation sites (tertiary alicyclic amines) is 1. The number of carbonyl (C=O) groups excluding carboxylic acids is 2. The van der Waals surface area contributed by atoms with E-state index >= 15 is 0 Å². The molecule has 5 nitrogen and oxygen atoms in total. The van der Waals surface area contributed by atoms with Crippen LogP contribution in [0.2, 0.25) is 0 Å². The average molecular weight is 344 g/mol. The van der Waals surface area contributed by atoms with Crippen molar-refractivity contribution in [3.63, 3.8) is 0 Å². The second kappa shape index (κ2) is 8.48. The molecule has 1 aromatic carbocycles. The number of carbonyl (C=O) groups is 2. The highest BCUT2D eigenvalue weighted by Crippen LogP contribution is 2.24. The summed E-state index contributed by atoms with van der Waals surface area (Å²) in [6.07, 6.45) is 5.03. The zero-order valence-electron chi connectivity index (χ0n) is 15.0. The average Bonchev–Trinajstić information content (AvgIpc) is 3.14. The Morgan fingerprint density at radius 2 is 2.04 bits per heavy atom. The van der Waals surface area contributed by atoms with Crippen molar-refractivity contribution < 1.29 is 14.3 Å². The van der Waals surface area contributed by atoms with Crippen LogP contribution < -0.4 is 5.32 Å². The molecule has 0 spiro atoms. The number of hydrogen-bond acceptors (Lipinski definition) is 3. The van der Waals surface area contributed by atoms with Crippen molar-refractivity contribution in [2.45, 2.75) is 51.6 Å². The van der Waals surface area contributed by atoms with Gasteiger partial charge in [0.15, 0.2) is 0 Å². The second-order valence-electron chi connectivity index (χ2n) is 7.23. The highest BCUT2D eigenvalue weighted by Gasteiger charge is 2.30. The summed E-state index contributed by atoms with van der Waals surface area (Å²) in [4.78, 5) is 26.4. The number of amides is 2. The number of rotatable bonds is 5. The van der Waals surface area contributed by atoms with E-state index in [1.807, 2.05) is 36.1 Å². The Morgan fingerprint density at radius 1 is 1.24 bits per heavy atom. The third kappa shape index (κ3) is 5.05. The largest absolute Gasteiger partial charge is 0.368 e. The van der Waals surface area contributed by atoms with Gasteiger partial charge in [-0.1, -0.05) is 12.1 Å². The van der Waals surface area contributed by atoms with Crippen molar-refractivity contribution in [1.82, 2.24) is 4.90 Å². The van der Waals surface area contributed by atoms with E-state index in [0.717, 1.165) is 56.4 Å². The first kappa shape index (κ1) is 17.9. The molecule has 1 atom stereocenters. The van der Waals surface area contributed by atoms with Gasteiger partial charge in [-0.15, -0.1) is 0 Å². The van der Waals surface area contributed by atoms with Gasteiger partial charge < -0.3 is 15.0 Å². The van der Waals surface area contributed by atoms with E-state index in [9.17, 15) is 9.59 Å². The van der Waals surface area contributed by atoms with Crippen LogP contribution in [0, 0.1) is 12.8 Å². The fourth-order valence-electron chi connectivity index (χ4n) is 3.70. The zero-order chi connectivity index (χ0) is 17.6. The molecule has 3 rings (SSSR count). The van der Waals surface area contributed by atoms with Crippen LogP contribution in [-0.2, 0) is 14.3 Å². The molecule has 0 unspecified atom stereocenters. The molecule has 5 heteroatoms. The fraction of sp³-hybridized carbons (Fsp3) is 0.600.